The molecule has 2 aliphatic rings. The van der Waals surface area contributed by atoms with E-state index in [0.29, 0.717) is 22.7 Å². The van der Waals surface area contributed by atoms with E-state index in [4.69, 9.17) is 9.47 Å². The van der Waals surface area contributed by atoms with E-state index in [-0.39, 0.29) is 25.2 Å². The Balaban J connectivity index is 1.82. The summed E-state index contributed by atoms with van der Waals surface area (Å²) < 4.78 is 37.4. The van der Waals surface area contributed by atoms with Crippen molar-refractivity contribution in [2.24, 2.45) is 4.99 Å². The Morgan fingerprint density at radius 3 is 2.80 bits per heavy atom. The molecule has 0 unspecified atom stereocenters. The van der Waals surface area contributed by atoms with Crippen molar-refractivity contribution in [3.05, 3.63) is 17.7 Å². The van der Waals surface area contributed by atoms with Gasteiger partial charge in [0.1, 0.15) is 13.2 Å². The number of carbonyl (C=O) groups excluding carboxylic acids is 1. The van der Waals surface area contributed by atoms with Crippen LogP contribution in [0.5, 0.6) is 11.5 Å². The number of hydrogen-bond acceptors (Lipinski definition) is 7. The largest absolute Gasteiger partial charge is 0.493 e. The van der Waals surface area contributed by atoms with Gasteiger partial charge >= 0.3 is 0 Å². The quantitative estimate of drug-likeness (QED) is 0.556. The van der Waals surface area contributed by atoms with E-state index >= 15 is 0 Å². The topological polar surface area (TPSA) is 94.5 Å². The molecule has 9 heteroatoms. The van der Waals surface area contributed by atoms with E-state index in [2.05, 4.69) is 9.18 Å². The lowest BCUT2D eigenvalue weighted by molar-refractivity contribution is 0.0774. The predicted octanol–water partition coefficient (Wildman–Crippen LogP) is 1.37. The maximum Gasteiger partial charge on any atom is 0.264 e. The van der Waals surface area contributed by atoms with Crippen LogP contribution in [0.1, 0.15) is 23.2 Å². The SMILES string of the molecule is COc1cc2c(cc1OCCOS(C)(=O)=O)N=C[C@@H]1CCCN1C2=O. The van der Waals surface area contributed by atoms with Crippen LogP contribution in [0.15, 0.2) is 17.1 Å². The van der Waals surface area contributed by atoms with Crippen LogP contribution in [-0.2, 0) is 14.3 Å². The van der Waals surface area contributed by atoms with Crippen molar-refractivity contribution in [1.29, 1.82) is 0 Å². The van der Waals surface area contributed by atoms with Crippen LogP contribution in [0.4, 0.5) is 5.69 Å². The average molecular weight is 368 g/mol. The number of benzene rings is 1. The highest BCUT2D eigenvalue weighted by atomic mass is 32.2. The summed E-state index contributed by atoms with van der Waals surface area (Å²) in [6, 6.07) is 3.27. The molecule has 0 N–H and O–H groups in total. The number of fused-ring (bicyclic) bond motifs is 2. The number of rotatable bonds is 6. The lowest BCUT2D eigenvalue weighted by Crippen LogP contribution is -2.35. The Morgan fingerprint density at radius 2 is 2.08 bits per heavy atom. The molecule has 1 aromatic rings. The maximum atomic E-state index is 12.7. The van der Waals surface area contributed by atoms with Gasteiger partial charge in [-0.1, -0.05) is 0 Å². The molecule has 1 fully saturated rings. The summed E-state index contributed by atoms with van der Waals surface area (Å²) in [7, 11) is -2.04. The fourth-order valence-corrected chi connectivity index (χ4v) is 3.33. The molecule has 2 aliphatic heterocycles. The second kappa shape index (κ2) is 7.01. The fraction of sp³-hybridized carbons (Fsp3) is 0.500. The molecule has 1 saturated heterocycles. The van der Waals surface area contributed by atoms with Crippen molar-refractivity contribution < 1.29 is 26.9 Å². The minimum absolute atomic E-state index is 0.0224. The zero-order chi connectivity index (χ0) is 18.0. The summed E-state index contributed by atoms with van der Waals surface area (Å²) in [6.07, 6.45) is 4.64. The average Bonchev–Trinajstić information content (AvgIpc) is 2.99. The monoisotopic (exact) mass is 368 g/mol. The molecule has 1 atom stereocenters. The van der Waals surface area contributed by atoms with E-state index in [0.717, 1.165) is 25.6 Å². The van der Waals surface area contributed by atoms with Gasteiger partial charge in [-0.25, -0.2) is 0 Å². The van der Waals surface area contributed by atoms with Gasteiger partial charge < -0.3 is 14.4 Å². The van der Waals surface area contributed by atoms with Crippen LogP contribution in [0.2, 0.25) is 0 Å². The molecule has 2 heterocycles. The van der Waals surface area contributed by atoms with Gasteiger partial charge in [-0.05, 0) is 18.9 Å². The normalized spacial score (nSPS) is 19.4. The lowest BCUT2D eigenvalue weighted by Gasteiger charge is -2.20. The number of aliphatic imine (C=N–C) groups is 1. The zero-order valence-electron chi connectivity index (χ0n) is 14.1. The number of methoxy groups -OCH3 is 1. The summed E-state index contributed by atoms with van der Waals surface area (Å²) in [5.74, 6) is 0.699. The fourth-order valence-electron chi connectivity index (χ4n) is 2.96. The van der Waals surface area contributed by atoms with Crippen LogP contribution in [0.3, 0.4) is 0 Å². The van der Waals surface area contributed by atoms with E-state index in [1.165, 1.54) is 7.11 Å². The first-order chi connectivity index (χ1) is 11.9. The van der Waals surface area contributed by atoms with Crippen molar-refractivity contribution in [2.75, 3.05) is 33.1 Å². The van der Waals surface area contributed by atoms with E-state index in [9.17, 15) is 13.2 Å². The van der Waals surface area contributed by atoms with Crippen molar-refractivity contribution in [2.45, 2.75) is 18.9 Å². The van der Waals surface area contributed by atoms with Gasteiger partial charge in [0.25, 0.3) is 16.0 Å². The molecule has 1 aromatic carbocycles. The Bertz CT molecular complexity index is 805. The molecular weight excluding hydrogens is 348 g/mol. The third-order valence-electron chi connectivity index (χ3n) is 4.10. The molecule has 8 nitrogen and oxygen atoms in total. The molecule has 0 aliphatic carbocycles. The van der Waals surface area contributed by atoms with E-state index < -0.39 is 10.1 Å². The van der Waals surface area contributed by atoms with Crippen molar-refractivity contribution in [3.8, 4) is 11.5 Å². The summed E-state index contributed by atoms with van der Waals surface area (Å²) in [5, 5.41) is 0. The standard InChI is InChI=1S/C16H20N2O6S/c1-22-14-8-12-13(9-15(14)23-6-7-24-25(2,20)21)17-10-11-4-3-5-18(11)16(12)19/h8-11H,3-7H2,1-2H3/t11-/m0/s1. The Morgan fingerprint density at radius 1 is 1.28 bits per heavy atom. The van der Waals surface area contributed by atoms with Gasteiger partial charge in [-0.2, -0.15) is 8.42 Å². The number of carbonyl (C=O) groups is 1. The Kier molecular flexibility index (Phi) is 4.96. The van der Waals surface area contributed by atoms with Gasteiger partial charge in [0.2, 0.25) is 0 Å². The first-order valence-corrected chi connectivity index (χ1v) is 9.75. The second-order valence-corrected chi connectivity index (χ2v) is 7.53. The molecule has 0 saturated carbocycles. The second-order valence-electron chi connectivity index (χ2n) is 5.88. The smallest absolute Gasteiger partial charge is 0.264 e. The number of hydrogen-bond donors (Lipinski definition) is 0. The molecule has 1 amide bonds. The number of nitrogens with zero attached hydrogens (tertiary/aromatic N) is 2. The van der Waals surface area contributed by atoms with Gasteiger partial charge in [0.15, 0.2) is 11.5 Å². The minimum atomic E-state index is -3.51. The molecule has 3 rings (SSSR count). The van der Waals surface area contributed by atoms with Crippen LogP contribution in [0.25, 0.3) is 0 Å². The zero-order valence-corrected chi connectivity index (χ0v) is 14.9. The molecule has 0 spiro atoms. The summed E-state index contributed by atoms with van der Waals surface area (Å²) in [4.78, 5) is 19.0. The summed E-state index contributed by atoms with van der Waals surface area (Å²) in [5.41, 5.74) is 0.983. The first kappa shape index (κ1) is 17.7. The van der Waals surface area contributed by atoms with Crippen LogP contribution in [-0.4, -0.2) is 64.6 Å². The maximum absolute atomic E-state index is 12.7. The van der Waals surface area contributed by atoms with Crippen LogP contribution < -0.4 is 9.47 Å². The highest BCUT2D eigenvalue weighted by Gasteiger charge is 2.32. The summed E-state index contributed by atoms with van der Waals surface area (Å²) >= 11 is 0. The van der Waals surface area contributed by atoms with Crippen molar-refractivity contribution in [1.82, 2.24) is 4.90 Å². The van der Waals surface area contributed by atoms with Gasteiger partial charge in [-0.15, -0.1) is 0 Å². The molecule has 25 heavy (non-hydrogen) atoms. The van der Waals surface area contributed by atoms with Crippen molar-refractivity contribution in [3.63, 3.8) is 0 Å². The molecule has 0 radical (unpaired) electrons. The number of amides is 1. The molecule has 136 valence electrons. The lowest BCUT2D eigenvalue weighted by atomic mass is 10.1. The Hall–Kier alpha value is -2.13. The van der Waals surface area contributed by atoms with Gasteiger partial charge in [0.05, 0.1) is 30.7 Å². The number of ether oxygens (including phenoxy) is 2. The highest BCUT2D eigenvalue weighted by molar-refractivity contribution is 7.85. The summed E-state index contributed by atoms with van der Waals surface area (Å²) in [6.45, 7) is 0.629. The molecule has 0 aromatic heterocycles. The third-order valence-corrected chi connectivity index (χ3v) is 4.69. The van der Waals surface area contributed by atoms with Crippen LogP contribution in [0, 0.1) is 0 Å². The molecule has 0 bridgehead atoms. The van der Waals surface area contributed by atoms with Crippen molar-refractivity contribution >= 4 is 27.9 Å². The first-order valence-electron chi connectivity index (χ1n) is 7.93. The van der Waals surface area contributed by atoms with E-state index in [1.807, 2.05) is 4.90 Å². The predicted molar refractivity (Wildman–Crippen MR) is 91.5 cm³/mol. The van der Waals surface area contributed by atoms with Gasteiger partial charge in [-0.3, -0.25) is 14.0 Å². The molecular formula is C16H20N2O6S. The van der Waals surface area contributed by atoms with E-state index in [1.54, 1.807) is 18.3 Å². The Labute approximate surface area is 146 Å². The van der Waals surface area contributed by atoms with Gasteiger partial charge in [0, 0.05) is 18.8 Å². The highest BCUT2D eigenvalue weighted by Crippen LogP contribution is 2.37. The minimum Gasteiger partial charge on any atom is -0.493 e. The van der Waals surface area contributed by atoms with Crippen LogP contribution >= 0.6 is 0 Å². The third kappa shape index (κ3) is 3.93.